The molecule has 3 rings (SSSR count). The minimum Gasteiger partial charge on any atom is -0.350 e. The molecular weight excluding hydrogens is 302 g/mol. The van der Waals surface area contributed by atoms with Crippen LogP contribution in [0, 0.1) is 0 Å². The summed E-state index contributed by atoms with van der Waals surface area (Å²) in [7, 11) is 1.55. The van der Waals surface area contributed by atoms with Crippen molar-refractivity contribution in [2.75, 3.05) is 6.54 Å². The summed E-state index contributed by atoms with van der Waals surface area (Å²) in [5.41, 5.74) is 1.34. The second-order valence-corrected chi connectivity index (χ2v) is 6.57. The molecule has 0 radical (unpaired) electrons. The van der Waals surface area contributed by atoms with Crippen molar-refractivity contribution < 1.29 is 4.79 Å². The van der Waals surface area contributed by atoms with Gasteiger partial charge < -0.3 is 5.32 Å². The van der Waals surface area contributed by atoms with Gasteiger partial charge in [0.15, 0.2) is 0 Å². The van der Waals surface area contributed by atoms with Crippen LogP contribution in [0.2, 0.25) is 0 Å². The summed E-state index contributed by atoms with van der Waals surface area (Å²) in [6.45, 7) is 0.598. The monoisotopic (exact) mass is 325 g/mol. The maximum atomic E-state index is 12.4. The summed E-state index contributed by atoms with van der Waals surface area (Å²) >= 11 is 0. The van der Waals surface area contributed by atoms with E-state index in [0.29, 0.717) is 6.54 Å². The maximum absolute atomic E-state index is 12.4. The van der Waals surface area contributed by atoms with Crippen LogP contribution in [0.3, 0.4) is 0 Å². The first-order chi connectivity index (χ1) is 11.6. The number of hydrogen-bond acceptors (Lipinski definition) is 3. The van der Waals surface area contributed by atoms with Crippen molar-refractivity contribution in [3.63, 3.8) is 0 Å². The highest BCUT2D eigenvalue weighted by molar-refractivity contribution is 5.92. The Hall–Kier alpha value is -2.43. The van der Waals surface area contributed by atoms with Gasteiger partial charge in [-0.2, -0.15) is 5.10 Å². The van der Waals surface area contributed by atoms with Gasteiger partial charge in [0, 0.05) is 25.1 Å². The number of aryl methyl sites for hydroxylation is 1. The Balaban J connectivity index is 1.77. The van der Waals surface area contributed by atoms with Gasteiger partial charge in [-0.1, -0.05) is 49.6 Å². The van der Waals surface area contributed by atoms with Crippen molar-refractivity contribution in [3.8, 4) is 0 Å². The molecular formula is C19H23N3O2. The zero-order valence-corrected chi connectivity index (χ0v) is 14.0. The van der Waals surface area contributed by atoms with Crippen LogP contribution < -0.4 is 10.9 Å². The second kappa shape index (κ2) is 6.99. The summed E-state index contributed by atoms with van der Waals surface area (Å²) in [4.78, 5) is 23.8. The molecule has 1 saturated carbocycles. The fourth-order valence-electron chi connectivity index (χ4n) is 3.55. The molecule has 1 aromatic heterocycles. The van der Waals surface area contributed by atoms with Gasteiger partial charge in [0.2, 0.25) is 0 Å². The van der Waals surface area contributed by atoms with E-state index in [-0.39, 0.29) is 22.6 Å². The molecule has 1 aromatic carbocycles. The summed E-state index contributed by atoms with van der Waals surface area (Å²) in [5.74, 6) is -0.230. The molecule has 1 heterocycles. The first kappa shape index (κ1) is 16.4. The second-order valence-electron chi connectivity index (χ2n) is 6.57. The van der Waals surface area contributed by atoms with Gasteiger partial charge in [-0.3, -0.25) is 9.59 Å². The number of rotatable bonds is 4. The van der Waals surface area contributed by atoms with E-state index >= 15 is 0 Å². The molecule has 2 aromatic rings. The predicted molar refractivity (Wildman–Crippen MR) is 93.0 cm³/mol. The van der Waals surface area contributed by atoms with E-state index in [2.05, 4.69) is 34.7 Å². The zero-order chi connectivity index (χ0) is 17.0. The standard InChI is InChI=1S/C19H23N3O2/c1-22-17(23)11-10-16(21-22)18(24)20-14-19(12-6-3-7-13-19)15-8-4-2-5-9-15/h2,4-5,8-11H,3,6-7,12-14H2,1H3,(H,20,24). The minimum atomic E-state index is -0.230. The van der Waals surface area contributed by atoms with Crippen molar-refractivity contribution in [2.45, 2.75) is 37.5 Å². The van der Waals surface area contributed by atoms with E-state index in [4.69, 9.17) is 0 Å². The molecule has 0 bridgehead atoms. The number of amides is 1. The molecule has 0 saturated heterocycles. The molecule has 1 amide bonds. The molecule has 1 aliphatic carbocycles. The summed E-state index contributed by atoms with van der Waals surface area (Å²) < 4.78 is 1.18. The molecule has 1 N–H and O–H groups in total. The Bertz CT molecular complexity index is 762. The van der Waals surface area contributed by atoms with Crippen LogP contribution in [0.15, 0.2) is 47.3 Å². The van der Waals surface area contributed by atoms with E-state index in [1.54, 1.807) is 7.05 Å². The van der Waals surface area contributed by atoms with Crippen molar-refractivity contribution in [2.24, 2.45) is 7.05 Å². The Morgan fingerprint density at radius 2 is 1.83 bits per heavy atom. The van der Waals surface area contributed by atoms with E-state index in [9.17, 15) is 9.59 Å². The smallest absolute Gasteiger partial charge is 0.271 e. The molecule has 126 valence electrons. The topological polar surface area (TPSA) is 64.0 Å². The number of carbonyl (C=O) groups is 1. The van der Waals surface area contributed by atoms with E-state index in [0.717, 1.165) is 12.8 Å². The van der Waals surface area contributed by atoms with E-state index in [1.165, 1.54) is 41.6 Å². The minimum absolute atomic E-state index is 0.00413. The molecule has 5 nitrogen and oxygen atoms in total. The SMILES string of the molecule is Cn1nc(C(=O)NCC2(c3ccccc3)CCCCC2)ccc1=O. The maximum Gasteiger partial charge on any atom is 0.271 e. The molecule has 5 heteroatoms. The lowest BCUT2D eigenvalue weighted by Crippen LogP contribution is -2.42. The highest BCUT2D eigenvalue weighted by Gasteiger charge is 2.34. The number of hydrogen-bond donors (Lipinski definition) is 1. The first-order valence-electron chi connectivity index (χ1n) is 8.49. The number of nitrogens with zero attached hydrogens (tertiary/aromatic N) is 2. The van der Waals surface area contributed by atoms with Gasteiger partial charge in [0.1, 0.15) is 5.69 Å². The summed E-state index contributed by atoms with van der Waals surface area (Å²) in [6, 6.07) is 13.3. The van der Waals surface area contributed by atoms with Crippen LogP contribution in [0.5, 0.6) is 0 Å². The molecule has 0 unspecified atom stereocenters. The third-order valence-electron chi connectivity index (χ3n) is 4.98. The van der Waals surface area contributed by atoms with Crippen LogP contribution in [-0.2, 0) is 12.5 Å². The highest BCUT2D eigenvalue weighted by atomic mass is 16.2. The van der Waals surface area contributed by atoms with Crippen LogP contribution >= 0.6 is 0 Å². The quantitative estimate of drug-likeness (QED) is 0.939. The lowest BCUT2D eigenvalue weighted by atomic mass is 9.69. The average molecular weight is 325 g/mol. The van der Waals surface area contributed by atoms with Crippen molar-refractivity contribution in [3.05, 3.63) is 64.1 Å². The number of carbonyl (C=O) groups excluding carboxylic acids is 1. The molecule has 24 heavy (non-hydrogen) atoms. The van der Waals surface area contributed by atoms with Crippen LogP contribution in [0.25, 0.3) is 0 Å². The van der Waals surface area contributed by atoms with E-state index < -0.39 is 0 Å². The Labute approximate surface area is 141 Å². The Morgan fingerprint density at radius 3 is 2.50 bits per heavy atom. The average Bonchev–Trinajstić information content (AvgIpc) is 2.63. The van der Waals surface area contributed by atoms with Crippen LogP contribution in [-0.4, -0.2) is 22.2 Å². The Kier molecular flexibility index (Phi) is 4.79. The van der Waals surface area contributed by atoms with Gasteiger partial charge >= 0.3 is 0 Å². The molecule has 0 aliphatic heterocycles. The number of nitrogens with one attached hydrogen (secondary N) is 1. The molecule has 1 aliphatic rings. The van der Waals surface area contributed by atoms with Crippen LogP contribution in [0.1, 0.15) is 48.2 Å². The molecule has 0 atom stereocenters. The lowest BCUT2D eigenvalue weighted by Gasteiger charge is -2.38. The number of aromatic nitrogens is 2. The van der Waals surface area contributed by atoms with Gasteiger partial charge in [0.05, 0.1) is 0 Å². The summed E-state index contributed by atoms with van der Waals surface area (Å²) in [5, 5.41) is 7.06. The van der Waals surface area contributed by atoms with Gasteiger partial charge in [-0.15, -0.1) is 0 Å². The third kappa shape index (κ3) is 3.40. The zero-order valence-electron chi connectivity index (χ0n) is 14.0. The van der Waals surface area contributed by atoms with Crippen molar-refractivity contribution in [1.82, 2.24) is 15.1 Å². The van der Waals surface area contributed by atoms with Crippen molar-refractivity contribution >= 4 is 5.91 Å². The normalized spacial score (nSPS) is 16.5. The van der Waals surface area contributed by atoms with E-state index in [1.807, 2.05) is 6.07 Å². The third-order valence-corrected chi connectivity index (χ3v) is 4.98. The number of benzene rings is 1. The lowest BCUT2D eigenvalue weighted by molar-refractivity contribution is 0.0929. The highest BCUT2D eigenvalue weighted by Crippen LogP contribution is 2.38. The predicted octanol–water partition coefficient (Wildman–Crippen LogP) is 2.41. The van der Waals surface area contributed by atoms with Gasteiger partial charge in [-0.05, 0) is 24.5 Å². The fraction of sp³-hybridized carbons (Fsp3) is 0.421. The first-order valence-corrected chi connectivity index (χ1v) is 8.49. The Morgan fingerprint density at radius 1 is 1.12 bits per heavy atom. The fourth-order valence-corrected chi connectivity index (χ4v) is 3.55. The van der Waals surface area contributed by atoms with Gasteiger partial charge in [-0.25, -0.2) is 4.68 Å². The molecule has 0 spiro atoms. The van der Waals surface area contributed by atoms with Gasteiger partial charge in [0.25, 0.3) is 11.5 Å². The van der Waals surface area contributed by atoms with Crippen LogP contribution in [0.4, 0.5) is 0 Å². The largest absolute Gasteiger partial charge is 0.350 e. The van der Waals surface area contributed by atoms with Crippen molar-refractivity contribution in [1.29, 1.82) is 0 Å². The molecule has 1 fully saturated rings. The summed E-state index contributed by atoms with van der Waals surface area (Å²) in [6.07, 6.45) is 5.78.